The van der Waals surface area contributed by atoms with Crippen molar-refractivity contribution in [2.45, 2.75) is 11.4 Å². The highest BCUT2D eigenvalue weighted by Crippen LogP contribution is 2.12. The number of rotatable bonds is 4. The van der Waals surface area contributed by atoms with Crippen LogP contribution in [0.1, 0.15) is 15.9 Å². The fourth-order valence-corrected chi connectivity index (χ4v) is 3.27. The van der Waals surface area contributed by atoms with Crippen molar-refractivity contribution in [2.75, 3.05) is 0 Å². The molecule has 0 spiro atoms. The van der Waals surface area contributed by atoms with Crippen molar-refractivity contribution in [1.29, 1.82) is 0 Å². The van der Waals surface area contributed by atoms with E-state index in [1.54, 1.807) is 0 Å². The third kappa shape index (κ3) is 3.39. The Labute approximate surface area is 153 Å². The molecule has 3 aromatic rings. The number of aromatic carboxylic acids is 1. The molecule has 0 atom stereocenters. The van der Waals surface area contributed by atoms with Gasteiger partial charge in [-0.05, 0) is 35.9 Å². The first-order valence-corrected chi connectivity index (χ1v) is 9.23. The van der Waals surface area contributed by atoms with Crippen molar-refractivity contribution in [3.05, 3.63) is 74.4 Å². The van der Waals surface area contributed by atoms with E-state index >= 15 is 0 Å². The van der Waals surface area contributed by atoms with E-state index in [1.165, 1.54) is 54.1 Å². The van der Waals surface area contributed by atoms with Crippen LogP contribution < -0.4 is 16.4 Å². The molecule has 3 N–H and O–H groups in total. The van der Waals surface area contributed by atoms with Crippen molar-refractivity contribution in [3.8, 4) is 0 Å². The van der Waals surface area contributed by atoms with Crippen LogP contribution in [0.2, 0.25) is 0 Å². The second-order valence-corrected chi connectivity index (χ2v) is 7.52. The lowest BCUT2D eigenvalue weighted by atomic mass is 10.1. The number of fused-ring (bicyclic) bond motifs is 1. The molecule has 1 aromatic heterocycles. The van der Waals surface area contributed by atoms with Gasteiger partial charge in [0.15, 0.2) is 0 Å². The molecule has 2 aromatic carbocycles. The standard InChI is InChI=1S/C17H15N3O6S/c1-19-14-7-4-11(16(22)23)8-13(14)15(21)20(17(19)24)9-10-2-5-12(6-3-10)27(18,25)26/h2-8H,9H2,1H3,(H,22,23)(H2,18,25,26). The summed E-state index contributed by atoms with van der Waals surface area (Å²) in [5, 5.41) is 14.3. The Morgan fingerprint density at radius 1 is 1.11 bits per heavy atom. The molecular formula is C17H15N3O6S. The molecule has 0 unspecified atom stereocenters. The van der Waals surface area contributed by atoms with Gasteiger partial charge in [-0.15, -0.1) is 0 Å². The summed E-state index contributed by atoms with van der Waals surface area (Å²) in [6.07, 6.45) is 0. The monoisotopic (exact) mass is 389 g/mol. The van der Waals surface area contributed by atoms with E-state index in [1.807, 2.05) is 0 Å². The van der Waals surface area contributed by atoms with E-state index in [4.69, 9.17) is 10.2 Å². The summed E-state index contributed by atoms with van der Waals surface area (Å²) >= 11 is 0. The highest BCUT2D eigenvalue weighted by atomic mass is 32.2. The van der Waals surface area contributed by atoms with Crippen LogP contribution in [0, 0.1) is 0 Å². The summed E-state index contributed by atoms with van der Waals surface area (Å²) in [7, 11) is -2.37. The molecule has 0 amide bonds. The number of nitrogens with two attached hydrogens (primary N) is 1. The predicted molar refractivity (Wildman–Crippen MR) is 97.3 cm³/mol. The predicted octanol–water partition coefficient (Wildman–Crippen LogP) is 0.0941. The number of carboxylic acid groups (broad SMARTS) is 1. The molecule has 0 aliphatic carbocycles. The Hall–Kier alpha value is -3.24. The molecule has 0 radical (unpaired) electrons. The zero-order chi connectivity index (χ0) is 19.9. The van der Waals surface area contributed by atoms with Crippen molar-refractivity contribution >= 4 is 26.9 Å². The molecule has 3 rings (SSSR count). The number of carboxylic acids is 1. The Bertz CT molecular complexity index is 1290. The molecule has 9 nitrogen and oxygen atoms in total. The largest absolute Gasteiger partial charge is 0.478 e. The lowest BCUT2D eigenvalue weighted by molar-refractivity contribution is 0.0697. The molecule has 0 saturated carbocycles. The quantitative estimate of drug-likeness (QED) is 0.648. The summed E-state index contributed by atoms with van der Waals surface area (Å²) < 4.78 is 24.8. The summed E-state index contributed by atoms with van der Waals surface area (Å²) in [6, 6.07) is 9.41. The maximum absolute atomic E-state index is 12.7. The van der Waals surface area contributed by atoms with Crippen LogP contribution in [-0.4, -0.2) is 28.6 Å². The fourth-order valence-electron chi connectivity index (χ4n) is 2.76. The van der Waals surface area contributed by atoms with E-state index in [0.717, 1.165) is 4.57 Å². The Balaban J connectivity index is 2.15. The van der Waals surface area contributed by atoms with Gasteiger partial charge >= 0.3 is 11.7 Å². The molecule has 140 valence electrons. The van der Waals surface area contributed by atoms with E-state index < -0.39 is 27.2 Å². The van der Waals surface area contributed by atoms with Crippen molar-refractivity contribution in [1.82, 2.24) is 9.13 Å². The zero-order valence-electron chi connectivity index (χ0n) is 14.1. The van der Waals surface area contributed by atoms with Crippen molar-refractivity contribution in [2.24, 2.45) is 12.2 Å². The molecule has 0 aliphatic heterocycles. The lowest BCUT2D eigenvalue weighted by Crippen LogP contribution is -2.39. The number of aryl methyl sites for hydroxylation is 1. The zero-order valence-corrected chi connectivity index (χ0v) is 14.9. The molecule has 0 saturated heterocycles. The first kappa shape index (κ1) is 18.5. The average molecular weight is 389 g/mol. The minimum Gasteiger partial charge on any atom is -0.478 e. The average Bonchev–Trinajstić information content (AvgIpc) is 2.62. The van der Waals surface area contributed by atoms with Crippen LogP contribution in [-0.2, 0) is 23.6 Å². The Morgan fingerprint density at radius 2 is 1.74 bits per heavy atom. The third-order valence-electron chi connectivity index (χ3n) is 4.19. The minimum absolute atomic E-state index is 0.0673. The van der Waals surface area contributed by atoms with E-state index in [9.17, 15) is 22.8 Å². The van der Waals surface area contributed by atoms with Gasteiger partial charge in [0, 0.05) is 7.05 Å². The first-order chi connectivity index (χ1) is 12.6. The number of hydrogen-bond donors (Lipinski definition) is 2. The molecule has 0 bridgehead atoms. The number of nitrogens with zero attached hydrogens (tertiary/aromatic N) is 2. The Kier molecular flexibility index (Phi) is 4.46. The summed E-state index contributed by atoms with van der Waals surface area (Å²) in [5.41, 5.74) is -0.453. The van der Waals surface area contributed by atoms with E-state index in [2.05, 4.69) is 0 Å². The molecule has 10 heteroatoms. The van der Waals surface area contributed by atoms with Gasteiger partial charge in [0.1, 0.15) is 0 Å². The SMILES string of the molecule is Cn1c(=O)n(Cc2ccc(S(N)(=O)=O)cc2)c(=O)c2cc(C(=O)O)ccc21. The Morgan fingerprint density at radius 3 is 2.30 bits per heavy atom. The smallest absolute Gasteiger partial charge is 0.335 e. The van der Waals surface area contributed by atoms with Crippen molar-refractivity contribution in [3.63, 3.8) is 0 Å². The number of aromatic nitrogens is 2. The van der Waals surface area contributed by atoms with Gasteiger partial charge < -0.3 is 5.11 Å². The van der Waals surface area contributed by atoms with Gasteiger partial charge in [-0.25, -0.2) is 23.1 Å². The van der Waals surface area contributed by atoms with Crippen LogP contribution in [0.4, 0.5) is 0 Å². The summed E-state index contributed by atoms with van der Waals surface area (Å²) in [6.45, 7) is -0.107. The van der Waals surface area contributed by atoms with Crippen LogP contribution in [0.15, 0.2) is 56.9 Å². The van der Waals surface area contributed by atoms with Gasteiger partial charge in [-0.1, -0.05) is 12.1 Å². The molecule has 1 heterocycles. The molecule has 0 fully saturated rings. The van der Waals surface area contributed by atoms with E-state index in [0.29, 0.717) is 11.1 Å². The summed E-state index contributed by atoms with van der Waals surface area (Å²) in [4.78, 5) is 36.4. The van der Waals surface area contributed by atoms with Gasteiger partial charge in [-0.3, -0.25) is 13.9 Å². The number of primary sulfonamides is 1. The second-order valence-electron chi connectivity index (χ2n) is 5.96. The van der Waals surface area contributed by atoms with E-state index in [-0.39, 0.29) is 22.4 Å². The van der Waals surface area contributed by atoms with Gasteiger partial charge in [0.05, 0.1) is 27.9 Å². The van der Waals surface area contributed by atoms with Gasteiger partial charge in [-0.2, -0.15) is 0 Å². The maximum atomic E-state index is 12.7. The molecule has 0 aliphatic rings. The summed E-state index contributed by atoms with van der Waals surface area (Å²) in [5.74, 6) is -1.18. The third-order valence-corrected chi connectivity index (χ3v) is 5.12. The van der Waals surface area contributed by atoms with Gasteiger partial charge in [0.2, 0.25) is 10.0 Å². The highest BCUT2D eigenvalue weighted by Gasteiger charge is 2.14. The normalized spacial score (nSPS) is 11.6. The van der Waals surface area contributed by atoms with Crippen molar-refractivity contribution < 1.29 is 18.3 Å². The van der Waals surface area contributed by atoms with Crippen LogP contribution in [0.5, 0.6) is 0 Å². The maximum Gasteiger partial charge on any atom is 0.335 e. The topological polar surface area (TPSA) is 141 Å². The highest BCUT2D eigenvalue weighted by molar-refractivity contribution is 7.89. The number of hydrogen-bond acceptors (Lipinski definition) is 5. The first-order valence-electron chi connectivity index (χ1n) is 7.68. The lowest BCUT2D eigenvalue weighted by Gasteiger charge is -2.11. The number of carbonyl (C=O) groups is 1. The second kappa shape index (κ2) is 6.49. The fraction of sp³-hybridized carbons (Fsp3) is 0.118. The van der Waals surface area contributed by atoms with Gasteiger partial charge in [0.25, 0.3) is 5.56 Å². The number of sulfonamides is 1. The van der Waals surface area contributed by atoms with Crippen LogP contribution >= 0.6 is 0 Å². The number of benzene rings is 2. The minimum atomic E-state index is -3.85. The molecule has 27 heavy (non-hydrogen) atoms. The van der Waals surface area contributed by atoms with Crippen LogP contribution in [0.25, 0.3) is 10.9 Å². The van der Waals surface area contributed by atoms with Crippen LogP contribution in [0.3, 0.4) is 0 Å². The molecular weight excluding hydrogens is 374 g/mol.